The van der Waals surface area contributed by atoms with E-state index in [0.717, 1.165) is 12.1 Å². The van der Waals surface area contributed by atoms with Gasteiger partial charge in [-0.05, 0) is 36.4 Å². The summed E-state index contributed by atoms with van der Waals surface area (Å²) in [6.45, 7) is 1.67. The van der Waals surface area contributed by atoms with Gasteiger partial charge in [-0.3, -0.25) is 4.57 Å². The van der Waals surface area contributed by atoms with Crippen LogP contribution in [-0.2, 0) is 6.18 Å². The minimum atomic E-state index is -4.47. The standard InChI is InChI=1S/C17H10ClF3N4O/c1-9-23-24-16(26-9)10-2-5-13-15(6-10)25(8-22-13)14-7-11(17(19,20)21)3-4-12(14)18/h2-8H,1H3. The van der Waals surface area contributed by atoms with Crippen LogP contribution in [0.5, 0.6) is 0 Å². The Kier molecular flexibility index (Phi) is 3.73. The van der Waals surface area contributed by atoms with Crippen molar-refractivity contribution in [1.29, 1.82) is 0 Å². The topological polar surface area (TPSA) is 56.7 Å². The van der Waals surface area contributed by atoms with Gasteiger partial charge in [0, 0.05) is 12.5 Å². The van der Waals surface area contributed by atoms with Gasteiger partial charge in [-0.1, -0.05) is 11.6 Å². The van der Waals surface area contributed by atoms with Crippen molar-refractivity contribution in [2.24, 2.45) is 0 Å². The number of rotatable bonds is 2. The average molecular weight is 379 g/mol. The first-order valence-electron chi connectivity index (χ1n) is 7.47. The van der Waals surface area contributed by atoms with Crippen LogP contribution in [0.2, 0.25) is 5.02 Å². The second-order valence-electron chi connectivity index (χ2n) is 5.61. The molecule has 0 aliphatic heterocycles. The molecule has 0 atom stereocenters. The quantitative estimate of drug-likeness (QED) is 0.489. The number of aromatic nitrogens is 4. The van der Waals surface area contributed by atoms with E-state index in [1.807, 2.05) is 0 Å². The first-order valence-corrected chi connectivity index (χ1v) is 7.85. The largest absolute Gasteiger partial charge is 0.421 e. The molecule has 26 heavy (non-hydrogen) atoms. The van der Waals surface area contributed by atoms with E-state index >= 15 is 0 Å². The molecule has 0 bridgehead atoms. The third kappa shape index (κ3) is 2.82. The van der Waals surface area contributed by atoms with Crippen LogP contribution in [0, 0.1) is 6.92 Å². The van der Waals surface area contributed by atoms with Crippen molar-refractivity contribution in [3.63, 3.8) is 0 Å². The average Bonchev–Trinajstić information content (AvgIpc) is 3.20. The monoisotopic (exact) mass is 378 g/mol. The van der Waals surface area contributed by atoms with E-state index in [9.17, 15) is 13.2 Å². The van der Waals surface area contributed by atoms with E-state index in [1.54, 1.807) is 25.1 Å². The van der Waals surface area contributed by atoms with Crippen LogP contribution in [0.15, 0.2) is 47.1 Å². The lowest BCUT2D eigenvalue weighted by atomic mass is 10.1. The zero-order valence-corrected chi connectivity index (χ0v) is 14.0. The lowest BCUT2D eigenvalue weighted by Crippen LogP contribution is -2.06. The second kappa shape index (κ2) is 5.84. The van der Waals surface area contributed by atoms with Crippen molar-refractivity contribution in [1.82, 2.24) is 19.7 Å². The Morgan fingerprint density at radius 1 is 1.08 bits per heavy atom. The highest BCUT2D eigenvalue weighted by Gasteiger charge is 2.31. The number of benzene rings is 2. The van der Waals surface area contributed by atoms with Crippen LogP contribution >= 0.6 is 11.6 Å². The molecule has 0 saturated heterocycles. The molecule has 2 heterocycles. The van der Waals surface area contributed by atoms with E-state index < -0.39 is 11.7 Å². The van der Waals surface area contributed by atoms with Gasteiger partial charge in [0.25, 0.3) is 0 Å². The van der Waals surface area contributed by atoms with Gasteiger partial charge in [-0.2, -0.15) is 13.2 Å². The molecule has 4 rings (SSSR count). The zero-order chi connectivity index (χ0) is 18.5. The summed E-state index contributed by atoms with van der Waals surface area (Å²) < 4.78 is 46.0. The van der Waals surface area contributed by atoms with Crippen LogP contribution in [-0.4, -0.2) is 19.7 Å². The molecule has 0 unspecified atom stereocenters. The summed E-state index contributed by atoms with van der Waals surface area (Å²) >= 11 is 6.14. The minimum absolute atomic E-state index is 0.177. The fraction of sp³-hybridized carbons (Fsp3) is 0.118. The third-order valence-electron chi connectivity index (χ3n) is 3.85. The molecule has 0 fully saturated rings. The fourth-order valence-corrected chi connectivity index (χ4v) is 2.83. The molecule has 2 aromatic carbocycles. The maximum atomic E-state index is 13.0. The summed E-state index contributed by atoms with van der Waals surface area (Å²) in [4.78, 5) is 4.22. The van der Waals surface area contributed by atoms with Crippen molar-refractivity contribution in [3.8, 4) is 17.1 Å². The maximum Gasteiger partial charge on any atom is 0.416 e. The molecule has 2 aromatic heterocycles. The van der Waals surface area contributed by atoms with Gasteiger partial charge in [0.1, 0.15) is 6.33 Å². The van der Waals surface area contributed by atoms with Gasteiger partial charge >= 0.3 is 6.18 Å². The number of hydrogen-bond acceptors (Lipinski definition) is 4. The Labute approximate surface area is 150 Å². The van der Waals surface area contributed by atoms with E-state index in [2.05, 4.69) is 15.2 Å². The van der Waals surface area contributed by atoms with Crippen LogP contribution < -0.4 is 0 Å². The summed E-state index contributed by atoms with van der Waals surface area (Å²) in [5.41, 5.74) is 1.19. The number of aryl methyl sites for hydroxylation is 1. The van der Waals surface area contributed by atoms with Crippen LogP contribution in [0.3, 0.4) is 0 Å². The Morgan fingerprint density at radius 3 is 2.58 bits per heavy atom. The van der Waals surface area contributed by atoms with E-state index in [4.69, 9.17) is 16.0 Å². The molecular formula is C17H10ClF3N4O. The Balaban J connectivity index is 1.90. The number of fused-ring (bicyclic) bond motifs is 1. The van der Waals surface area contributed by atoms with E-state index in [-0.39, 0.29) is 10.7 Å². The minimum Gasteiger partial charge on any atom is -0.421 e. The van der Waals surface area contributed by atoms with Gasteiger partial charge in [-0.25, -0.2) is 4.98 Å². The molecule has 4 aromatic rings. The van der Waals surface area contributed by atoms with Crippen molar-refractivity contribution in [3.05, 3.63) is 59.2 Å². The third-order valence-corrected chi connectivity index (χ3v) is 4.17. The Morgan fingerprint density at radius 2 is 1.88 bits per heavy atom. The second-order valence-corrected chi connectivity index (χ2v) is 6.02. The first-order chi connectivity index (χ1) is 12.3. The molecule has 9 heteroatoms. The summed E-state index contributed by atoms with van der Waals surface area (Å²) in [6, 6.07) is 8.34. The number of halogens is 4. The predicted molar refractivity (Wildman–Crippen MR) is 89.1 cm³/mol. The zero-order valence-electron chi connectivity index (χ0n) is 13.3. The highest BCUT2D eigenvalue weighted by atomic mass is 35.5. The number of imidazole rings is 1. The molecule has 0 spiro atoms. The molecule has 0 aliphatic rings. The highest BCUT2D eigenvalue weighted by molar-refractivity contribution is 6.32. The van der Waals surface area contributed by atoms with Gasteiger partial charge in [0.05, 0.1) is 27.3 Å². The number of nitrogens with zero attached hydrogens (tertiary/aromatic N) is 4. The molecule has 132 valence electrons. The van der Waals surface area contributed by atoms with Crippen LogP contribution in [0.4, 0.5) is 13.2 Å². The smallest absolute Gasteiger partial charge is 0.416 e. The first kappa shape index (κ1) is 16.6. The van der Waals surface area contributed by atoms with Gasteiger partial charge in [0.15, 0.2) is 0 Å². The molecular weight excluding hydrogens is 369 g/mol. The SMILES string of the molecule is Cc1nnc(-c2ccc3ncn(-c4cc(C(F)(F)F)ccc4Cl)c3c2)o1. The molecule has 0 radical (unpaired) electrons. The molecule has 5 nitrogen and oxygen atoms in total. The lowest BCUT2D eigenvalue weighted by molar-refractivity contribution is -0.137. The fourth-order valence-electron chi connectivity index (χ4n) is 2.62. The Bertz CT molecular complexity index is 1120. The van der Waals surface area contributed by atoms with Gasteiger partial charge < -0.3 is 4.42 Å². The van der Waals surface area contributed by atoms with Crippen LogP contribution in [0.25, 0.3) is 28.2 Å². The van der Waals surface area contributed by atoms with Crippen molar-refractivity contribution < 1.29 is 17.6 Å². The lowest BCUT2D eigenvalue weighted by Gasteiger charge is -2.12. The van der Waals surface area contributed by atoms with Gasteiger partial charge in [-0.15, -0.1) is 10.2 Å². The molecule has 0 N–H and O–H groups in total. The normalized spacial score (nSPS) is 12.0. The molecule has 0 saturated carbocycles. The molecule has 0 aliphatic carbocycles. The summed E-state index contributed by atoms with van der Waals surface area (Å²) in [6.07, 6.45) is -3.04. The summed E-state index contributed by atoms with van der Waals surface area (Å²) in [5, 5.41) is 7.91. The Hall–Kier alpha value is -2.87. The highest BCUT2D eigenvalue weighted by Crippen LogP contribution is 2.34. The summed E-state index contributed by atoms with van der Waals surface area (Å²) in [5.74, 6) is 0.724. The van der Waals surface area contributed by atoms with E-state index in [1.165, 1.54) is 17.0 Å². The van der Waals surface area contributed by atoms with Gasteiger partial charge in [0.2, 0.25) is 11.8 Å². The van der Waals surface area contributed by atoms with Crippen molar-refractivity contribution in [2.45, 2.75) is 13.1 Å². The summed E-state index contributed by atoms with van der Waals surface area (Å²) in [7, 11) is 0. The predicted octanol–water partition coefficient (Wildman–Crippen LogP) is 5.06. The van der Waals surface area contributed by atoms with E-state index in [0.29, 0.717) is 28.4 Å². The van der Waals surface area contributed by atoms with Crippen molar-refractivity contribution in [2.75, 3.05) is 0 Å². The number of hydrogen-bond donors (Lipinski definition) is 0. The van der Waals surface area contributed by atoms with Crippen LogP contribution in [0.1, 0.15) is 11.5 Å². The van der Waals surface area contributed by atoms with Crippen molar-refractivity contribution >= 4 is 22.6 Å². The molecule has 0 amide bonds. The maximum absolute atomic E-state index is 13.0. The number of alkyl halides is 3.